The summed E-state index contributed by atoms with van der Waals surface area (Å²) >= 11 is 0. The molecule has 0 aliphatic heterocycles. The van der Waals surface area contributed by atoms with Crippen molar-refractivity contribution in [2.45, 2.75) is 13.3 Å². The van der Waals surface area contributed by atoms with Crippen LogP contribution in [0.25, 0.3) is 6.08 Å². The summed E-state index contributed by atoms with van der Waals surface area (Å²) < 4.78 is 4.79. The third-order valence-electron chi connectivity index (χ3n) is 1.93. The molecule has 0 radical (unpaired) electrons. The molecular weight excluding hydrogens is 222 g/mol. The molecule has 5 heteroatoms. The molecule has 5 nitrogen and oxygen atoms in total. The molecule has 0 fully saturated rings. The number of carboxylic acid groups (broad SMARTS) is 1. The number of pyridine rings is 1. The molecular formula is C12H13NO4. The van der Waals surface area contributed by atoms with Crippen molar-refractivity contribution in [2.24, 2.45) is 0 Å². The molecule has 1 rings (SSSR count). The van der Waals surface area contributed by atoms with Crippen LogP contribution in [0.4, 0.5) is 0 Å². The second kappa shape index (κ2) is 6.42. The lowest BCUT2D eigenvalue weighted by Crippen LogP contribution is -2.11. The number of ether oxygens (including phenoxy) is 1. The third-order valence-corrected chi connectivity index (χ3v) is 1.93. The van der Waals surface area contributed by atoms with Crippen LogP contribution >= 0.6 is 0 Å². The fraction of sp³-hybridized carbons (Fsp3) is 0.250. The summed E-state index contributed by atoms with van der Waals surface area (Å²) in [4.78, 5) is 26.0. The Morgan fingerprint density at radius 2 is 2.06 bits per heavy atom. The molecule has 0 aliphatic rings. The normalized spacial score (nSPS) is 11.0. The number of carboxylic acids is 1. The Morgan fingerprint density at radius 1 is 1.41 bits per heavy atom. The predicted octanol–water partition coefficient (Wildman–Crippen LogP) is 1.50. The van der Waals surface area contributed by atoms with Gasteiger partial charge in [0.15, 0.2) is 0 Å². The second-order valence-corrected chi connectivity index (χ2v) is 3.24. The first-order valence-corrected chi connectivity index (χ1v) is 5.13. The van der Waals surface area contributed by atoms with Gasteiger partial charge in [0.25, 0.3) is 0 Å². The highest BCUT2D eigenvalue weighted by atomic mass is 16.5. The number of aliphatic carboxylic acids is 1. The number of aromatic nitrogens is 1. The lowest BCUT2D eigenvalue weighted by Gasteiger charge is -2.04. The Morgan fingerprint density at radius 3 is 2.59 bits per heavy atom. The largest absolute Gasteiger partial charge is 0.481 e. The van der Waals surface area contributed by atoms with Gasteiger partial charge < -0.3 is 9.84 Å². The number of rotatable bonds is 5. The molecule has 1 aromatic rings. The Labute approximate surface area is 98.7 Å². The van der Waals surface area contributed by atoms with E-state index in [9.17, 15) is 9.59 Å². The quantitative estimate of drug-likeness (QED) is 0.618. The van der Waals surface area contributed by atoms with Gasteiger partial charge in [-0.2, -0.15) is 0 Å². The van der Waals surface area contributed by atoms with Crippen molar-refractivity contribution in [3.8, 4) is 0 Å². The number of esters is 1. The molecule has 0 aliphatic carbocycles. The first-order chi connectivity index (χ1) is 8.13. The van der Waals surface area contributed by atoms with Crippen LogP contribution in [0.1, 0.15) is 18.9 Å². The van der Waals surface area contributed by atoms with E-state index in [1.807, 2.05) is 0 Å². The molecule has 0 amide bonds. The van der Waals surface area contributed by atoms with Crippen LogP contribution in [-0.2, 0) is 14.3 Å². The van der Waals surface area contributed by atoms with Crippen LogP contribution in [0.2, 0.25) is 0 Å². The van der Waals surface area contributed by atoms with E-state index in [2.05, 4.69) is 4.98 Å². The molecule has 1 N–H and O–H groups in total. The summed E-state index contributed by atoms with van der Waals surface area (Å²) in [5.74, 6) is -1.68. The molecule has 0 atom stereocenters. The molecule has 1 aromatic heterocycles. The Kier molecular flexibility index (Phi) is 4.87. The molecule has 0 bridgehead atoms. The second-order valence-electron chi connectivity index (χ2n) is 3.24. The summed E-state index contributed by atoms with van der Waals surface area (Å²) in [6, 6.07) is 3.36. The van der Waals surface area contributed by atoms with E-state index in [0.717, 1.165) is 0 Å². The van der Waals surface area contributed by atoms with Gasteiger partial charge in [0, 0.05) is 18.0 Å². The topological polar surface area (TPSA) is 76.5 Å². The number of carbonyl (C=O) groups is 2. The summed E-state index contributed by atoms with van der Waals surface area (Å²) in [5.41, 5.74) is 0.829. The zero-order valence-corrected chi connectivity index (χ0v) is 9.42. The third kappa shape index (κ3) is 4.46. The van der Waals surface area contributed by atoms with Crippen LogP contribution in [0, 0.1) is 0 Å². The smallest absolute Gasteiger partial charge is 0.334 e. The zero-order chi connectivity index (χ0) is 12.7. The van der Waals surface area contributed by atoms with E-state index in [4.69, 9.17) is 9.84 Å². The van der Waals surface area contributed by atoms with Crippen LogP contribution < -0.4 is 0 Å². The number of carbonyl (C=O) groups excluding carboxylic acids is 1. The van der Waals surface area contributed by atoms with E-state index in [1.165, 1.54) is 6.08 Å². The zero-order valence-electron chi connectivity index (χ0n) is 9.42. The van der Waals surface area contributed by atoms with Gasteiger partial charge in [-0.05, 0) is 30.7 Å². The van der Waals surface area contributed by atoms with Crippen molar-refractivity contribution in [1.29, 1.82) is 0 Å². The van der Waals surface area contributed by atoms with E-state index in [1.54, 1.807) is 31.5 Å². The monoisotopic (exact) mass is 235 g/mol. The molecule has 1 heterocycles. The standard InChI is InChI=1S/C12H13NO4/c1-2-17-12(16)10(8-11(14)15)7-9-3-5-13-6-4-9/h3-7H,2,8H2,1H3,(H,14,15). The fourth-order valence-corrected chi connectivity index (χ4v) is 1.23. The summed E-state index contributed by atoms with van der Waals surface area (Å²) in [6.45, 7) is 1.88. The summed E-state index contributed by atoms with van der Waals surface area (Å²) in [5, 5.41) is 8.72. The molecule has 0 aromatic carbocycles. The maximum Gasteiger partial charge on any atom is 0.334 e. The first-order valence-electron chi connectivity index (χ1n) is 5.13. The highest BCUT2D eigenvalue weighted by molar-refractivity contribution is 5.97. The van der Waals surface area contributed by atoms with Crippen molar-refractivity contribution in [3.05, 3.63) is 35.7 Å². The van der Waals surface area contributed by atoms with Crippen molar-refractivity contribution < 1.29 is 19.4 Å². The molecule has 90 valence electrons. The maximum absolute atomic E-state index is 11.5. The maximum atomic E-state index is 11.5. The first kappa shape index (κ1) is 12.9. The lowest BCUT2D eigenvalue weighted by atomic mass is 10.1. The van der Waals surface area contributed by atoms with Crippen molar-refractivity contribution in [2.75, 3.05) is 6.61 Å². The van der Waals surface area contributed by atoms with E-state index < -0.39 is 11.9 Å². The van der Waals surface area contributed by atoms with Gasteiger partial charge >= 0.3 is 11.9 Å². The minimum atomic E-state index is -1.07. The van der Waals surface area contributed by atoms with E-state index in [0.29, 0.717) is 5.56 Å². The number of hydrogen-bond donors (Lipinski definition) is 1. The van der Waals surface area contributed by atoms with Gasteiger partial charge in [-0.1, -0.05) is 0 Å². The van der Waals surface area contributed by atoms with Crippen LogP contribution in [-0.4, -0.2) is 28.6 Å². The van der Waals surface area contributed by atoms with Gasteiger partial charge in [0.05, 0.1) is 13.0 Å². The Balaban J connectivity index is 2.93. The SMILES string of the molecule is CCOC(=O)C(=Cc1ccncc1)CC(=O)O. The van der Waals surface area contributed by atoms with Crippen molar-refractivity contribution in [3.63, 3.8) is 0 Å². The van der Waals surface area contributed by atoms with Gasteiger partial charge in [-0.3, -0.25) is 9.78 Å². The molecule has 17 heavy (non-hydrogen) atoms. The van der Waals surface area contributed by atoms with Gasteiger partial charge in [-0.15, -0.1) is 0 Å². The fourth-order valence-electron chi connectivity index (χ4n) is 1.23. The van der Waals surface area contributed by atoms with Crippen LogP contribution in [0.5, 0.6) is 0 Å². The van der Waals surface area contributed by atoms with Gasteiger partial charge in [0.1, 0.15) is 0 Å². The minimum Gasteiger partial charge on any atom is -0.481 e. The average molecular weight is 235 g/mol. The molecule has 0 spiro atoms. The van der Waals surface area contributed by atoms with E-state index in [-0.39, 0.29) is 18.6 Å². The van der Waals surface area contributed by atoms with Crippen LogP contribution in [0.15, 0.2) is 30.1 Å². The number of nitrogens with zero attached hydrogens (tertiary/aromatic N) is 1. The minimum absolute atomic E-state index is 0.116. The highest BCUT2D eigenvalue weighted by Crippen LogP contribution is 2.11. The van der Waals surface area contributed by atoms with Crippen molar-refractivity contribution in [1.82, 2.24) is 4.98 Å². The molecule has 0 saturated carbocycles. The molecule has 0 unspecified atom stereocenters. The van der Waals surface area contributed by atoms with Crippen molar-refractivity contribution >= 4 is 18.0 Å². The summed E-state index contributed by atoms with van der Waals surface area (Å²) in [7, 11) is 0. The lowest BCUT2D eigenvalue weighted by molar-refractivity contribution is -0.142. The average Bonchev–Trinajstić information content (AvgIpc) is 2.29. The van der Waals surface area contributed by atoms with Gasteiger partial charge in [-0.25, -0.2) is 4.79 Å². The predicted molar refractivity (Wildman–Crippen MR) is 61.1 cm³/mol. The Bertz CT molecular complexity index is 425. The summed E-state index contributed by atoms with van der Waals surface area (Å²) in [6.07, 6.45) is 4.26. The molecule has 0 saturated heterocycles. The highest BCUT2D eigenvalue weighted by Gasteiger charge is 2.14. The van der Waals surface area contributed by atoms with Gasteiger partial charge in [0.2, 0.25) is 0 Å². The van der Waals surface area contributed by atoms with E-state index >= 15 is 0 Å². The number of hydrogen-bond acceptors (Lipinski definition) is 4. The van der Waals surface area contributed by atoms with Crippen LogP contribution in [0.3, 0.4) is 0 Å². The Hall–Kier alpha value is -2.17.